The third kappa shape index (κ3) is 45.6. The third-order valence-electron chi connectivity index (χ3n) is 20.5. The van der Waals surface area contributed by atoms with Crippen molar-refractivity contribution >= 4 is 106 Å². The highest BCUT2D eigenvalue weighted by atomic mass is 31.2. The number of hydrogen-bond acceptors (Lipinski definition) is 14. The molecule has 0 aromatic heterocycles. The van der Waals surface area contributed by atoms with Gasteiger partial charge in [0, 0.05) is 0 Å². The van der Waals surface area contributed by atoms with E-state index in [1.807, 2.05) is 0 Å². The average molecular weight is 1960 g/mol. The Balaban J connectivity index is -0.000000237. The van der Waals surface area contributed by atoms with Gasteiger partial charge in [0.05, 0.1) is 69.4 Å². The lowest BCUT2D eigenvalue weighted by atomic mass is 9.72. The SMILES string of the molecule is CC(C)C(C(C(C)C)P(=O)(O)O)P(=O)(O)O.CC(C)C(C(C)C)(P(=O)(O)O)P(=O)(O)O.CC(C)C(CC(C(C)C)P(=O)(O)O)P(=O)(O)O.CC(C)C(CCP(=O)(O)O)(C(C)C)P(=O)(O)O.CC(C)C(CP(=O)(O)O)(C(C)C)P(=O)(O)O.CC(C)C(CP(=O)(O)O)(CP(=O)(O)O)C(C)C.CC(C)C(CP(=O)(O)O)C(C(C)C)P(=O)(O)O. The van der Waals surface area contributed by atoms with Crippen molar-refractivity contribution < 1.29 is 201 Å². The van der Waals surface area contributed by atoms with Crippen molar-refractivity contribution in [2.24, 2.45) is 94.2 Å². The van der Waals surface area contributed by atoms with E-state index in [0.29, 0.717) is 0 Å². The fourth-order valence-electron chi connectivity index (χ4n) is 14.8. The molecule has 0 bridgehead atoms. The van der Waals surface area contributed by atoms with Crippen LogP contribution in [0.25, 0.3) is 0 Å². The predicted octanol–water partition coefficient (Wildman–Crippen LogP) is 11.0. The molecular formula is C59H146O42P14. The van der Waals surface area contributed by atoms with Gasteiger partial charge in [0.15, 0.2) is 4.90 Å². The van der Waals surface area contributed by atoms with E-state index in [-0.39, 0.29) is 60.2 Å². The zero-order valence-electron chi connectivity index (χ0n) is 71.0. The van der Waals surface area contributed by atoms with E-state index in [9.17, 15) is 152 Å². The van der Waals surface area contributed by atoms with Crippen LogP contribution < -0.4 is 0 Å². The Kier molecular flexibility index (Phi) is 55.5. The molecule has 0 spiro atoms. The van der Waals surface area contributed by atoms with Gasteiger partial charge in [0.2, 0.25) is 0 Å². The second kappa shape index (κ2) is 49.0. The van der Waals surface area contributed by atoms with E-state index < -0.39 is 227 Å². The van der Waals surface area contributed by atoms with Gasteiger partial charge in [-0.25, -0.2) is 0 Å². The third-order valence-corrected chi connectivity index (χ3v) is 44.2. The van der Waals surface area contributed by atoms with Gasteiger partial charge in [0.1, 0.15) is 0 Å². The molecule has 115 heavy (non-hydrogen) atoms. The van der Waals surface area contributed by atoms with Crippen LogP contribution in [0.5, 0.6) is 0 Å². The first-order valence-corrected chi connectivity index (χ1v) is 60.0. The zero-order chi connectivity index (χ0) is 95.5. The van der Waals surface area contributed by atoms with Gasteiger partial charge in [-0.3, -0.25) is 63.9 Å². The van der Waals surface area contributed by atoms with Crippen molar-refractivity contribution in [1.29, 1.82) is 0 Å². The quantitative estimate of drug-likeness (QED) is 0.0255. The maximum absolute atomic E-state index is 11.7. The van der Waals surface area contributed by atoms with Crippen molar-refractivity contribution in [2.75, 3.05) is 30.8 Å². The molecule has 6 atom stereocenters. The summed E-state index contributed by atoms with van der Waals surface area (Å²) >= 11 is 0. The maximum atomic E-state index is 11.7. The standard InChI is InChI=1S/4C9H22O6P2.2C8H20O6P2.C7H18O6P2/c1-7(2)9(8(3)4,5-16(10,11)12)6-17(13,14)15;1-7(2)9(8(3)4,17(13,14)15)5-6-16(10,11)12;1-6(2)8(5-16(10,11)12)9(7(3)4)17(13,14)15;1-6(2)8(16(10,11)12)5-9(7(3)4)17(13,14)15;1-6(2)8(7(3)4,16(12,13)14)5-15(9,10)11;1-5(2)7(15(9,10)11)8(6(3)4)16(12,13)14;1-5(2)7(6(3)4,14(8,9)10)15(11,12)13/h2*7-8H,5-6H2,1-4H3,(H2,10,11,12)(H2,13,14,15);2*6-9H,5H2,1-4H3,(H2,10,11,12)(H2,13,14,15);6-7H,5H2,1-4H3,(H2,9,10,11)(H2,12,13,14);5-8H,1-4H3,(H2,9,10,11)(H2,12,13,14);5-6H,1-4H3,(H2,8,9,10)(H2,11,12,13). The molecule has 6 unspecified atom stereocenters. The molecule has 0 fully saturated rings. The van der Waals surface area contributed by atoms with Crippen LogP contribution >= 0.6 is 106 Å². The molecule has 0 radical (unpaired) electrons. The first-order valence-electron chi connectivity index (χ1n) is 36.2. The van der Waals surface area contributed by atoms with Crippen LogP contribution in [0.3, 0.4) is 0 Å². The van der Waals surface area contributed by atoms with Crippen LogP contribution in [0.4, 0.5) is 0 Å². The first-order chi connectivity index (χ1) is 49.5. The van der Waals surface area contributed by atoms with Crippen molar-refractivity contribution in [2.45, 2.75) is 250 Å². The van der Waals surface area contributed by atoms with Crippen LogP contribution in [0.1, 0.15) is 207 Å². The lowest BCUT2D eigenvalue weighted by molar-refractivity contribution is 0.152. The molecular weight excluding hydrogens is 1810 g/mol. The first kappa shape index (κ1) is 130. The molecule has 0 saturated carbocycles. The number of rotatable bonds is 38. The highest BCUT2D eigenvalue weighted by Gasteiger charge is 2.64. The van der Waals surface area contributed by atoms with Crippen molar-refractivity contribution in [1.82, 2.24) is 0 Å². The molecule has 0 amide bonds. The minimum Gasteiger partial charge on any atom is -0.324 e. The molecule has 0 saturated heterocycles. The van der Waals surface area contributed by atoms with E-state index in [0.717, 1.165) is 0 Å². The Morgan fingerprint density at radius 1 is 0.226 bits per heavy atom. The van der Waals surface area contributed by atoms with Crippen LogP contribution in [-0.2, 0) is 63.9 Å². The largest absolute Gasteiger partial charge is 0.344 e. The maximum Gasteiger partial charge on any atom is 0.344 e. The van der Waals surface area contributed by atoms with E-state index in [1.165, 1.54) is 27.7 Å². The van der Waals surface area contributed by atoms with Crippen LogP contribution in [0.2, 0.25) is 0 Å². The normalized spacial score (nSPS) is 16.1. The summed E-state index contributed by atoms with van der Waals surface area (Å²) in [6.45, 7) is 44.9. The molecule has 0 aliphatic carbocycles. The van der Waals surface area contributed by atoms with Crippen molar-refractivity contribution in [3.8, 4) is 0 Å². The fraction of sp³-hybridized carbons (Fsp3) is 1.00. The Labute approximate surface area is 679 Å². The summed E-state index contributed by atoms with van der Waals surface area (Å²) in [4.78, 5) is 255. The van der Waals surface area contributed by atoms with Gasteiger partial charge in [0.25, 0.3) is 0 Å². The highest BCUT2D eigenvalue weighted by molar-refractivity contribution is 7.72. The molecule has 28 N–H and O–H groups in total. The monoisotopic (exact) mass is 1960 g/mol. The molecule has 0 rings (SSSR count). The van der Waals surface area contributed by atoms with Gasteiger partial charge in [-0.15, -0.1) is 0 Å². The second-order valence-corrected chi connectivity index (χ2v) is 59.0. The summed E-state index contributed by atoms with van der Waals surface area (Å²) in [7, 11) is -62.6. The molecule has 0 aliphatic rings. The molecule has 0 heterocycles. The van der Waals surface area contributed by atoms with E-state index in [2.05, 4.69) is 0 Å². The van der Waals surface area contributed by atoms with Crippen LogP contribution in [0.15, 0.2) is 0 Å². The Morgan fingerprint density at radius 3 is 0.565 bits per heavy atom. The Bertz CT molecular complexity index is 3440. The van der Waals surface area contributed by atoms with Crippen molar-refractivity contribution in [3.63, 3.8) is 0 Å². The van der Waals surface area contributed by atoms with E-state index in [4.69, 9.17) is 48.9 Å². The van der Waals surface area contributed by atoms with E-state index >= 15 is 0 Å². The molecule has 0 aromatic rings. The van der Waals surface area contributed by atoms with Gasteiger partial charge in [-0.2, -0.15) is 0 Å². The number of hydrogen-bond donors (Lipinski definition) is 28. The Hall–Kier alpha value is 2.10. The topological polar surface area (TPSA) is 805 Å². The lowest BCUT2D eigenvalue weighted by Crippen LogP contribution is -2.44. The summed E-state index contributed by atoms with van der Waals surface area (Å²) in [6, 6.07) is 0. The molecule has 56 heteroatoms. The Morgan fingerprint density at radius 2 is 0.461 bits per heavy atom. The zero-order valence-corrected chi connectivity index (χ0v) is 83.5. The van der Waals surface area contributed by atoms with Crippen molar-refractivity contribution in [3.05, 3.63) is 0 Å². The highest BCUT2D eigenvalue weighted by Crippen LogP contribution is 2.75. The minimum atomic E-state index is -4.90. The summed E-state index contributed by atoms with van der Waals surface area (Å²) in [6.07, 6.45) is -3.13. The summed E-state index contributed by atoms with van der Waals surface area (Å²) in [5.74, 6) is -6.79. The molecule has 42 nitrogen and oxygen atoms in total. The second-order valence-electron chi connectivity index (χ2n) is 33.8. The van der Waals surface area contributed by atoms with Gasteiger partial charge in [-0.1, -0.05) is 194 Å². The molecule has 0 aliphatic heterocycles. The van der Waals surface area contributed by atoms with Crippen LogP contribution in [-0.4, -0.2) is 211 Å². The lowest BCUT2D eigenvalue weighted by Gasteiger charge is -2.41. The molecule has 704 valence electrons. The smallest absolute Gasteiger partial charge is 0.324 e. The summed E-state index contributed by atoms with van der Waals surface area (Å²) < 4.78 is 158. The fourth-order valence-corrected chi connectivity index (χ4v) is 38.8. The van der Waals surface area contributed by atoms with Crippen LogP contribution in [0, 0.1) is 94.2 Å². The minimum absolute atomic E-state index is 0.163. The van der Waals surface area contributed by atoms with Gasteiger partial charge >= 0.3 is 106 Å². The summed E-state index contributed by atoms with van der Waals surface area (Å²) in [5, 5.41) is -3.06. The van der Waals surface area contributed by atoms with Gasteiger partial charge < -0.3 is 137 Å². The summed E-state index contributed by atoms with van der Waals surface area (Å²) in [5.41, 5.74) is -6.72. The van der Waals surface area contributed by atoms with E-state index in [1.54, 1.807) is 166 Å². The van der Waals surface area contributed by atoms with Gasteiger partial charge in [-0.05, 0) is 107 Å². The predicted molar refractivity (Wildman–Crippen MR) is 443 cm³/mol. The average Bonchev–Trinajstić information content (AvgIpc) is 0.738. The molecule has 0 aromatic carbocycles.